The van der Waals surface area contributed by atoms with E-state index in [0.29, 0.717) is 28.9 Å². The Kier molecular flexibility index (Phi) is 6.82. The predicted molar refractivity (Wildman–Crippen MR) is 101 cm³/mol. The van der Waals surface area contributed by atoms with Crippen LogP contribution < -0.4 is 20.1 Å². The lowest BCUT2D eigenvalue weighted by Gasteiger charge is -2.19. The zero-order valence-corrected chi connectivity index (χ0v) is 15.9. The fourth-order valence-electron chi connectivity index (χ4n) is 2.93. The molecule has 0 unspecified atom stereocenters. The number of nitrogens with zero attached hydrogens (tertiary/aromatic N) is 3. The third kappa shape index (κ3) is 4.25. The SMILES string of the molecule is COc1ccc(OC)c(C(=O)Nc2nc(C3CCNCC3)nn2C)c1.Cl. The lowest BCUT2D eigenvalue weighted by molar-refractivity contribution is 0.102. The van der Waals surface area contributed by atoms with Crippen molar-refractivity contribution >= 4 is 24.3 Å². The minimum Gasteiger partial charge on any atom is -0.497 e. The summed E-state index contributed by atoms with van der Waals surface area (Å²) in [5.41, 5.74) is 0.383. The highest BCUT2D eigenvalue weighted by atomic mass is 35.5. The average Bonchev–Trinajstić information content (AvgIpc) is 3.02. The summed E-state index contributed by atoms with van der Waals surface area (Å²) in [6.45, 7) is 1.93. The number of carbonyl (C=O) groups excluding carboxylic acids is 1. The van der Waals surface area contributed by atoms with E-state index in [2.05, 4.69) is 20.7 Å². The van der Waals surface area contributed by atoms with Gasteiger partial charge < -0.3 is 14.8 Å². The van der Waals surface area contributed by atoms with Gasteiger partial charge in [-0.3, -0.25) is 10.1 Å². The molecule has 2 N–H and O–H groups in total. The summed E-state index contributed by atoms with van der Waals surface area (Å²) in [4.78, 5) is 17.2. The van der Waals surface area contributed by atoms with E-state index in [4.69, 9.17) is 9.47 Å². The first-order valence-electron chi connectivity index (χ1n) is 8.27. The van der Waals surface area contributed by atoms with Crippen LogP contribution in [0.25, 0.3) is 0 Å². The van der Waals surface area contributed by atoms with E-state index in [1.165, 1.54) is 7.11 Å². The van der Waals surface area contributed by atoms with Crippen LogP contribution in [0.5, 0.6) is 11.5 Å². The molecule has 1 aliphatic rings. The molecular formula is C17H24ClN5O3. The Morgan fingerprint density at radius 2 is 2.00 bits per heavy atom. The number of piperidine rings is 1. The first kappa shape index (κ1) is 20.0. The molecule has 0 atom stereocenters. The van der Waals surface area contributed by atoms with Crippen molar-refractivity contribution in [3.8, 4) is 11.5 Å². The Morgan fingerprint density at radius 3 is 2.65 bits per heavy atom. The number of hydrogen-bond acceptors (Lipinski definition) is 6. The summed E-state index contributed by atoms with van der Waals surface area (Å²) < 4.78 is 12.1. The molecule has 1 amide bonds. The Labute approximate surface area is 158 Å². The van der Waals surface area contributed by atoms with Gasteiger partial charge in [-0.2, -0.15) is 10.1 Å². The minimum absolute atomic E-state index is 0. The third-order valence-corrected chi connectivity index (χ3v) is 4.36. The fraction of sp³-hybridized carbons (Fsp3) is 0.471. The first-order valence-corrected chi connectivity index (χ1v) is 8.27. The van der Waals surface area contributed by atoms with Gasteiger partial charge in [-0.05, 0) is 44.1 Å². The Hall–Kier alpha value is -2.32. The second-order valence-electron chi connectivity index (χ2n) is 5.96. The van der Waals surface area contributed by atoms with Crippen LogP contribution in [0.4, 0.5) is 5.95 Å². The molecule has 9 heteroatoms. The van der Waals surface area contributed by atoms with Crippen molar-refractivity contribution in [2.24, 2.45) is 7.05 Å². The topological polar surface area (TPSA) is 90.3 Å². The van der Waals surface area contributed by atoms with Crippen LogP contribution in [0.3, 0.4) is 0 Å². The van der Waals surface area contributed by atoms with Gasteiger partial charge in [0.25, 0.3) is 5.91 Å². The number of carbonyl (C=O) groups is 1. The van der Waals surface area contributed by atoms with Crippen molar-refractivity contribution < 1.29 is 14.3 Å². The highest BCUT2D eigenvalue weighted by molar-refractivity contribution is 6.05. The Balaban J connectivity index is 0.00000243. The number of amides is 1. The number of methoxy groups -OCH3 is 2. The smallest absolute Gasteiger partial charge is 0.261 e. The van der Waals surface area contributed by atoms with Crippen molar-refractivity contribution in [1.29, 1.82) is 0 Å². The first-order chi connectivity index (χ1) is 12.1. The zero-order valence-electron chi connectivity index (χ0n) is 15.1. The molecule has 142 valence electrons. The van der Waals surface area contributed by atoms with Gasteiger partial charge in [0.2, 0.25) is 5.95 Å². The maximum Gasteiger partial charge on any atom is 0.261 e. The van der Waals surface area contributed by atoms with Gasteiger partial charge in [-0.15, -0.1) is 12.4 Å². The molecule has 1 fully saturated rings. The van der Waals surface area contributed by atoms with Crippen molar-refractivity contribution in [2.75, 3.05) is 32.6 Å². The third-order valence-electron chi connectivity index (χ3n) is 4.36. The van der Waals surface area contributed by atoms with E-state index in [-0.39, 0.29) is 18.3 Å². The van der Waals surface area contributed by atoms with Crippen LogP contribution >= 0.6 is 12.4 Å². The molecule has 0 aliphatic carbocycles. The number of anilines is 1. The van der Waals surface area contributed by atoms with Crippen molar-refractivity contribution in [3.63, 3.8) is 0 Å². The van der Waals surface area contributed by atoms with Gasteiger partial charge in [0.15, 0.2) is 5.82 Å². The molecule has 1 aromatic carbocycles. The second kappa shape index (κ2) is 8.86. The summed E-state index contributed by atoms with van der Waals surface area (Å²) >= 11 is 0. The van der Waals surface area contributed by atoms with Gasteiger partial charge >= 0.3 is 0 Å². The zero-order chi connectivity index (χ0) is 17.8. The van der Waals surface area contributed by atoms with E-state index in [1.54, 1.807) is 37.0 Å². The minimum atomic E-state index is -0.317. The largest absolute Gasteiger partial charge is 0.497 e. The monoisotopic (exact) mass is 381 g/mol. The van der Waals surface area contributed by atoms with E-state index in [9.17, 15) is 4.79 Å². The van der Waals surface area contributed by atoms with Gasteiger partial charge in [-0.25, -0.2) is 4.68 Å². The van der Waals surface area contributed by atoms with Crippen molar-refractivity contribution in [2.45, 2.75) is 18.8 Å². The molecule has 0 spiro atoms. The summed E-state index contributed by atoms with van der Waals surface area (Å²) in [5.74, 6) is 2.26. The molecule has 2 heterocycles. The molecular weight excluding hydrogens is 358 g/mol. The van der Waals surface area contributed by atoms with Crippen LogP contribution in [0.15, 0.2) is 18.2 Å². The van der Waals surface area contributed by atoms with Crippen molar-refractivity contribution in [3.05, 3.63) is 29.6 Å². The Bertz CT molecular complexity index is 759. The Morgan fingerprint density at radius 1 is 1.27 bits per heavy atom. The quantitative estimate of drug-likeness (QED) is 0.823. The maximum absolute atomic E-state index is 12.7. The predicted octanol–water partition coefficient (Wildman–Crippen LogP) is 1.97. The van der Waals surface area contributed by atoms with Crippen LogP contribution in [0.2, 0.25) is 0 Å². The van der Waals surface area contributed by atoms with E-state index in [1.807, 2.05) is 0 Å². The van der Waals surface area contributed by atoms with E-state index < -0.39 is 0 Å². The number of nitrogens with one attached hydrogen (secondary N) is 2. The van der Waals surface area contributed by atoms with Crippen molar-refractivity contribution in [1.82, 2.24) is 20.1 Å². The number of rotatable bonds is 5. The standard InChI is InChI=1S/C17H23N5O3.ClH/c1-22-17(19-15(21-22)11-6-8-18-9-7-11)20-16(23)13-10-12(24-2)4-5-14(13)25-3;/h4-5,10-11,18H,6-9H2,1-3H3,(H,19,20,21,23);1H. The van der Waals surface area contributed by atoms with E-state index >= 15 is 0 Å². The summed E-state index contributed by atoms with van der Waals surface area (Å²) in [5, 5.41) is 10.6. The van der Waals surface area contributed by atoms with Gasteiger partial charge in [0, 0.05) is 13.0 Å². The fourth-order valence-corrected chi connectivity index (χ4v) is 2.93. The second-order valence-corrected chi connectivity index (χ2v) is 5.96. The molecule has 1 aromatic heterocycles. The van der Waals surface area contributed by atoms with E-state index in [0.717, 1.165) is 31.8 Å². The molecule has 2 aromatic rings. The normalized spacial score (nSPS) is 14.4. The van der Waals surface area contributed by atoms with Gasteiger partial charge in [0.1, 0.15) is 11.5 Å². The summed E-state index contributed by atoms with van der Waals surface area (Å²) in [7, 11) is 4.85. The number of aromatic nitrogens is 3. The number of hydrogen-bond donors (Lipinski definition) is 2. The highest BCUT2D eigenvalue weighted by Gasteiger charge is 2.22. The molecule has 1 aliphatic heterocycles. The van der Waals surface area contributed by atoms with Gasteiger partial charge in [0.05, 0.1) is 19.8 Å². The van der Waals surface area contributed by atoms with Crippen LogP contribution in [-0.2, 0) is 7.05 Å². The van der Waals surface area contributed by atoms with Gasteiger partial charge in [-0.1, -0.05) is 0 Å². The lowest BCUT2D eigenvalue weighted by Crippen LogP contribution is -2.27. The average molecular weight is 382 g/mol. The highest BCUT2D eigenvalue weighted by Crippen LogP contribution is 2.26. The molecule has 26 heavy (non-hydrogen) atoms. The van der Waals surface area contributed by atoms with Crippen LogP contribution in [0.1, 0.15) is 34.9 Å². The molecule has 8 nitrogen and oxygen atoms in total. The number of halogens is 1. The number of aryl methyl sites for hydroxylation is 1. The maximum atomic E-state index is 12.7. The summed E-state index contributed by atoms with van der Waals surface area (Å²) in [6.07, 6.45) is 2.00. The number of benzene rings is 1. The molecule has 3 rings (SSSR count). The molecule has 0 bridgehead atoms. The van der Waals surface area contributed by atoms with Crippen LogP contribution in [-0.4, -0.2) is 48.0 Å². The molecule has 0 radical (unpaired) electrons. The molecule has 0 saturated carbocycles. The summed E-state index contributed by atoms with van der Waals surface area (Å²) in [6, 6.07) is 5.08. The van der Waals surface area contributed by atoms with Crippen LogP contribution in [0, 0.1) is 0 Å². The molecule has 1 saturated heterocycles. The number of ether oxygens (including phenoxy) is 2. The lowest BCUT2D eigenvalue weighted by atomic mass is 9.98.